The van der Waals surface area contributed by atoms with Crippen molar-refractivity contribution in [2.45, 2.75) is 26.3 Å². The zero-order valence-corrected chi connectivity index (χ0v) is 15.4. The molecule has 2 aromatic carbocycles. The van der Waals surface area contributed by atoms with Crippen molar-refractivity contribution in [2.24, 2.45) is 0 Å². The highest BCUT2D eigenvalue weighted by molar-refractivity contribution is 6.33. The number of hydrogen-bond acceptors (Lipinski definition) is 4. The Bertz CT molecular complexity index is 886. The fraction of sp³-hybridized carbons (Fsp3) is 0.200. The summed E-state index contributed by atoms with van der Waals surface area (Å²) >= 11 is 6.12. The van der Waals surface area contributed by atoms with Crippen LogP contribution in [0.3, 0.4) is 0 Å². The topological polar surface area (TPSA) is 49.8 Å². The minimum Gasteiger partial charge on any atom is -0.352 e. The Morgan fingerprint density at radius 3 is 2.54 bits per heavy atom. The molecule has 0 saturated heterocycles. The minimum absolute atomic E-state index is 0.239. The Morgan fingerprint density at radius 1 is 1.08 bits per heavy atom. The lowest BCUT2D eigenvalue weighted by Crippen LogP contribution is -2.16. The number of hydrogen-bond donors (Lipinski definition) is 2. The molecule has 1 heterocycles. The maximum absolute atomic E-state index is 13.3. The molecule has 0 saturated carbocycles. The summed E-state index contributed by atoms with van der Waals surface area (Å²) in [6.45, 7) is 4.17. The Hall–Kier alpha value is -2.66. The maximum Gasteiger partial charge on any atom is 0.225 e. The molecule has 3 aromatic rings. The smallest absolute Gasteiger partial charge is 0.225 e. The van der Waals surface area contributed by atoms with Crippen molar-refractivity contribution in [3.8, 4) is 11.3 Å². The van der Waals surface area contributed by atoms with Crippen LogP contribution in [-0.2, 0) is 0 Å². The molecule has 0 amide bonds. The lowest BCUT2D eigenvalue weighted by atomic mass is 10.1. The standard InChI is InChI=1S/C20H20ClFN4/c1-3-13(2)23-20-25-18(14-7-5-4-6-8-14)12-19(26-20)24-17-10-9-15(22)11-16(17)21/h4-13H,3H2,1-2H3,(H2,23,24,25,26)/t13-/m1/s1. The average Bonchev–Trinajstić information content (AvgIpc) is 2.64. The Balaban J connectivity index is 1.98. The van der Waals surface area contributed by atoms with E-state index in [4.69, 9.17) is 11.6 Å². The second-order valence-corrected chi connectivity index (χ2v) is 6.44. The fourth-order valence-corrected chi connectivity index (χ4v) is 2.60. The van der Waals surface area contributed by atoms with Crippen molar-refractivity contribution in [2.75, 3.05) is 10.6 Å². The summed E-state index contributed by atoms with van der Waals surface area (Å²) in [6.07, 6.45) is 0.950. The highest BCUT2D eigenvalue weighted by atomic mass is 35.5. The van der Waals surface area contributed by atoms with Crippen LogP contribution in [-0.4, -0.2) is 16.0 Å². The molecule has 2 N–H and O–H groups in total. The molecule has 6 heteroatoms. The van der Waals surface area contributed by atoms with E-state index in [0.29, 0.717) is 22.5 Å². The van der Waals surface area contributed by atoms with Gasteiger partial charge in [-0.3, -0.25) is 0 Å². The lowest BCUT2D eigenvalue weighted by molar-refractivity contribution is 0.628. The fourth-order valence-electron chi connectivity index (χ4n) is 2.38. The molecule has 0 fully saturated rings. The van der Waals surface area contributed by atoms with Crippen LogP contribution in [0.4, 0.5) is 21.8 Å². The van der Waals surface area contributed by atoms with Gasteiger partial charge in [0.15, 0.2) is 0 Å². The molecule has 0 aliphatic rings. The number of halogens is 2. The molecule has 1 atom stereocenters. The summed E-state index contributed by atoms with van der Waals surface area (Å²) in [6, 6.07) is 16.2. The van der Waals surface area contributed by atoms with Crippen LogP contribution in [0.5, 0.6) is 0 Å². The van der Waals surface area contributed by atoms with Gasteiger partial charge in [-0.2, -0.15) is 4.98 Å². The quantitative estimate of drug-likeness (QED) is 0.568. The van der Waals surface area contributed by atoms with E-state index in [0.717, 1.165) is 17.7 Å². The first-order chi connectivity index (χ1) is 12.5. The van der Waals surface area contributed by atoms with E-state index < -0.39 is 0 Å². The normalized spacial score (nSPS) is 11.8. The predicted molar refractivity (Wildman–Crippen MR) is 106 cm³/mol. The van der Waals surface area contributed by atoms with Gasteiger partial charge in [0.1, 0.15) is 11.6 Å². The molecular formula is C20H20ClFN4. The van der Waals surface area contributed by atoms with Crippen molar-refractivity contribution >= 4 is 29.1 Å². The van der Waals surface area contributed by atoms with Gasteiger partial charge in [0, 0.05) is 17.7 Å². The molecular weight excluding hydrogens is 351 g/mol. The van der Waals surface area contributed by atoms with E-state index >= 15 is 0 Å². The maximum atomic E-state index is 13.3. The van der Waals surface area contributed by atoms with Gasteiger partial charge >= 0.3 is 0 Å². The number of nitrogens with zero attached hydrogens (tertiary/aromatic N) is 2. The minimum atomic E-state index is -0.382. The molecule has 0 aliphatic carbocycles. The van der Waals surface area contributed by atoms with Crippen molar-refractivity contribution in [1.82, 2.24) is 9.97 Å². The van der Waals surface area contributed by atoms with Gasteiger partial charge < -0.3 is 10.6 Å². The number of aromatic nitrogens is 2. The molecule has 0 aliphatic heterocycles. The third-order valence-corrected chi connectivity index (χ3v) is 4.29. The van der Waals surface area contributed by atoms with Crippen molar-refractivity contribution in [3.05, 3.63) is 65.4 Å². The number of rotatable bonds is 6. The number of benzene rings is 2. The zero-order valence-electron chi connectivity index (χ0n) is 14.6. The second kappa shape index (κ2) is 8.15. The highest BCUT2D eigenvalue weighted by Gasteiger charge is 2.10. The van der Waals surface area contributed by atoms with E-state index in [9.17, 15) is 4.39 Å². The summed E-state index contributed by atoms with van der Waals surface area (Å²) in [5.41, 5.74) is 2.35. The van der Waals surface area contributed by atoms with E-state index in [-0.39, 0.29) is 11.9 Å². The summed E-state index contributed by atoms with van der Waals surface area (Å²) in [4.78, 5) is 9.13. The van der Waals surface area contributed by atoms with E-state index in [1.165, 1.54) is 12.1 Å². The van der Waals surface area contributed by atoms with Crippen LogP contribution in [0, 0.1) is 5.82 Å². The second-order valence-electron chi connectivity index (χ2n) is 6.03. The first kappa shape index (κ1) is 18.1. The van der Waals surface area contributed by atoms with Gasteiger partial charge in [0.25, 0.3) is 0 Å². The molecule has 0 unspecified atom stereocenters. The van der Waals surface area contributed by atoms with Crippen LogP contribution in [0.1, 0.15) is 20.3 Å². The molecule has 3 rings (SSSR count). The summed E-state index contributed by atoms with van der Waals surface area (Å²) < 4.78 is 13.3. The molecule has 134 valence electrons. The van der Waals surface area contributed by atoms with E-state index in [1.54, 1.807) is 6.07 Å². The summed E-state index contributed by atoms with van der Waals surface area (Å²) in [5, 5.41) is 6.74. The first-order valence-electron chi connectivity index (χ1n) is 8.48. The molecule has 0 bridgehead atoms. The van der Waals surface area contributed by atoms with Gasteiger partial charge in [0.05, 0.1) is 16.4 Å². The van der Waals surface area contributed by atoms with Gasteiger partial charge in [-0.15, -0.1) is 0 Å². The van der Waals surface area contributed by atoms with E-state index in [2.05, 4.69) is 34.4 Å². The first-order valence-corrected chi connectivity index (χ1v) is 8.86. The molecule has 26 heavy (non-hydrogen) atoms. The van der Waals surface area contributed by atoms with Gasteiger partial charge in [-0.1, -0.05) is 48.9 Å². The lowest BCUT2D eigenvalue weighted by Gasteiger charge is -2.15. The number of anilines is 3. The Morgan fingerprint density at radius 2 is 1.85 bits per heavy atom. The largest absolute Gasteiger partial charge is 0.352 e. The van der Waals surface area contributed by atoms with Crippen molar-refractivity contribution in [3.63, 3.8) is 0 Å². The van der Waals surface area contributed by atoms with Gasteiger partial charge in [-0.05, 0) is 31.5 Å². The Labute approximate surface area is 157 Å². The van der Waals surface area contributed by atoms with Crippen LogP contribution in [0.2, 0.25) is 5.02 Å². The van der Waals surface area contributed by atoms with Crippen LogP contribution in [0.15, 0.2) is 54.6 Å². The van der Waals surface area contributed by atoms with Crippen LogP contribution in [0.25, 0.3) is 11.3 Å². The predicted octanol–water partition coefficient (Wildman–Crippen LogP) is 5.89. The molecule has 1 aromatic heterocycles. The zero-order chi connectivity index (χ0) is 18.5. The van der Waals surface area contributed by atoms with Crippen molar-refractivity contribution in [1.29, 1.82) is 0 Å². The summed E-state index contributed by atoms with van der Waals surface area (Å²) in [5.74, 6) is 0.729. The molecule has 0 radical (unpaired) electrons. The van der Waals surface area contributed by atoms with Crippen molar-refractivity contribution < 1.29 is 4.39 Å². The van der Waals surface area contributed by atoms with Crippen LogP contribution >= 0.6 is 11.6 Å². The summed E-state index contributed by atoms with van der Waals surface area (Å²) in [7, 11) is 0. The number of nitrogens with one attached hydrogen (secondary N) is 2. The highest BCUT2D eigenvalue weighted by Crippen LogP contribution is 2.28. The SMILES string of the molecule is CC[C@@H](C)Nc1nc(Nc2ccc(F)cc2Cl)cc(-c2ccccc2)n1. The van der Waals surface area contributed by atoms with Crippen LogP contribution < -0.4 is 10.6 Å². The van der Waals surface area contributed by atoms with Gasteiger partial charge in [-0.25, -0.2) is 9.37 Å². The average molecular weight is 371 g/mol. The third kappa shape index (κ3) is 4.49. The molecule has 0 spiro atoms. The third-order valence-electron chi connectivity index (χ3n) is 3.98. The molecule has 4 nitrogen and oxygen atoms in total. The monoisotopic (exact) mass is 370 g/mol. The Kier molecular flexibility index (Phi) is 5.68. The van der Waals surface area contributed by atoms with Gasteiger partial charge in [0.2, 0.25) is 5.95 Å². The van der Waals surface area contributed by atoms with E-state index in [1.807, 2.05) is 36.4 Å².